The van der Waals surface area contributed by atoms with Gasteiger partial charge in [0, 0.05) is 42.8 Å². The molecular weight excluding hydrogens is 492 g/mol. The maximum Gasteiger partial charge on any atom is 0.247 e. The third-order valence-corrected chi connectivity index (χ3v) is 6.67. The van der Waals surface area contributed by atoms with Crippen molar-refractivity contribution in [2.45, 2.75) is 70.8 Å². The second-order valence-corrected chi connectivity index (χ2v) is 10.4. The number of aldehydes is 1. The number of fused-ring (bicyclic) bond motifs is 3. The number of carbonyl (C=O) groups excluding carboxylic acids is 3. The van der Waals surface area contributed by atoms with E-state index in [4.69, 9.17) is 14.2 Å². The van der Waals surface area contributed by atoms with Gasteiger partial charge in [-0.3, -0.25) is 14.4 Å². The van der Waals surface area contributed by atoms with Crippen molar-refractivity contribution in [3.63, 3.8) is 0 Å². The molecule has 0 spiro atoms. The van der Waals surface area contributed by atoms with Crippen LogP contribution in [0.25, 0.3) is 0 Å². The highest BCUT2D eigenvalue weighted by atomic mass is 16.5. The molecule has 0 saturated heterocycles. The van der Waals surface area contributed by atoms with E-state index in [1.54, 1.807) is 17.0 Å². The molecule has 4 atom stereocenters. The van der Waals surface area contributed by atoms with E-state index in [1.165, 1.54) is 13.2 Å². The zero-order valence-electron chi connectivity index (χ0n) is 22.8. The first-order chi connectivity index (χ1) is 18.1. The lowest BCUT2D eigenvalue weighted by Crippen LogP contribution is -2.56. The number of nitrogens with zero attached hydrogens (tertiary/aromatic N) is 1. The highest BCUT2D eigenvalue weighted by Gasteiger charge is 2.51. The minimum absolute atomic E-state index is 0.0364. The zero-order valence-corrected chi connectivity index (χ0v) is 22.8. The molecule has 3 N–H and O–H groups in total. The van der Waals surface area contributed by atoms with Crippen LogP contribution in [0.4, 0.5) is 0 Å². The maximum atomic E-state index is 13.4. The molecule has 1 aromatic carbocycles. The summed E-state index contributed by atoms with van der Waals surface area (Å²) in [5.41, 5.74) is 1.18. The first-order valence-corrected chi connectivity index (χ1v) is 13.2. The smallest absolute Gasteiger partial charge is 0.247 e. The molecule has 1 aliphatic carbocycles. The number of nitrogens with one attached hydrogen (secondary N) is 1. The Balaban J connectivity index is 2.06. The fourth-order valence-electron chi connectivity index (χ4n) is 5.02. The van der Waals surface area contributed by atoms with Gasteiger partial charge in [-0.25, -0.2) is 0 Å². The van der Waals surface area contributed by atoms with Crippen molar-refractivity contribution < 1.29 is 38.8 Å². The summed E-state index contributed by atoms with van der Waals surface area (Å²) in [6, 6.07) is 2.33. The molecule has 3 rings (SSSR count). The summed E-state index contributed by atoms with van der Waals surface area (Å²) in [6.45, 7) is 8.33. The molecule has 1 aromatic rings. The second kappa shape index (κ2) is 13.2. The van der Waals surface area contributed by atoms with Crippen molar-refractivity contribution in [3.8, 4) is 11.5 Å². The van der Waals surface area contributed by atoms with Crippen molar-refractivity contribution in [2.24, 2.45) is 5.92 Å². The van der Waals surface area contributed by atoms with E-state index < -0.39 is 30.1 Å². The number of amides is 2. The summed E-state index contributed by atoms with van der Waals surface area (Å²) in [6.07, 6.45) is 1.13. The van der Waals surface area contributed by atoms with E-state index in [0.29, 0.717) is 54.1 Å². The highest BCUT2D eigenvalue weighted by Crippen LogP contribution is 2.51. The summed E-state index contributed by atoms with van der Waals surface area (Å²) in [5, 5.41) is 23.6. The van der Waals surface area contributed by atoms with Crippen LogP contribution in [0, 0.1) is 5.92 Å². The first-order valence-electron chi connectivity index (χ1n) is 13.2. The Bertz CT molecular complexity index is 1040. The number of hydrogen-bond donors (Lipinski definition) is 3. The quantitative estimate of drug-likeness (QED) is 0.259. The fourth-order valence-corrected chi connectivity index (χ4v) is 5.02. The average molecular weight is 533 g/mol. The van der Waals surface area contributed by atoms with E-state index in [2.05, 4.69) is 5.32 Å². The normalized spacial score (nSPS) is 21.9. The summed E-state index contributed by atoms with van der Waals surface area (Å²) in [5.74, 6) is -0.530. The number of hydrogen-bond acceptors (Lipinski definition) is 8. The molecule has 210 valence electrons. The number of ether oxygens (including phenoxy) is 3. The van der Waals surface area contributed by atoms with Crippen molar-refractivity contribution >= 4 is 18.1 Å². The van der Waals surface area contributed by atoms with Gasteiger partial charge in [-0.05, 0) is 44.4 Å². The van der Waals surface area contributed by atoms with Gasteiger partial charge in [-0.15, -0.1) is 0 Å². The molecule has 38 heavy (non-hydrogen) atoms. The Labute approximate surface area is 223 Å². The number of carbonyl (C=O) groups is 3. The zero-order chi connectivity index (χ0) is 28.0. The predicted molar refractivity (Wildman–Crippen MR) is 140 cm³/mol. The topological polar surface area (TPSA) is 135 Å². The number of rotatable bonds is 13. The number of benzene rings is 1. The Hall–Kier alpha value is -2.95. The molecule has 4 unspecified atom stereocenters. The minimum Gasteiger partial charge on any atom is -0.493 e. The maximum absolute atomic E-state index is 13.4. The Morgan fingerprint density at radius 2 is 1.97 bits per heavy atom. The largest absolute Gasteiger partial charge is 0.493 e. The number of aliphatic hydroxyl groups is 2. The fraction of sp³-hybridized carbons (Fsp3) is 0.607. The van der Waals surface area contributed by atoms with Gasteiger partial charge in [0.05, 0.1) is 31.8 Å². The highest BCUT2D eigenvalue weighted by molar-refractivity contribution is 5.96. The summed E-state index contributed by atoms with van der Waals surface area (Å²) < 4.78 is 17.3. The monoisotopic (exact) mass is 532 g/mol. The van der Waals surface area contributed by atoms with Gasteiger partial charge < -0.3 is 34.6 Å². The summed E-state index contributed by atoms with van der Waals surface area (Å²) in [7, 11) is 1.45. The van der Waals surface area contributed by atoms with Crippen LogP contribution in [0.1, 0.15) is 62.4 Å². The Morgan fingerprint density at radius 1 is 1.24 bits per heavy atom. The lowest BCUT2D eigenvalue weighted by molar-refractivity contribution is -0.138. The van der Waals surface area contributed by atoms with Gasteiger partial charge in [0.15, 0.2) is 11.5 Å². The minimum atomic E-state index is -1.16. The molecule has 2 amide bonds. The Morgan fingerprint density at radius 3 is 2.58 bits per heavy atom. The third-order valence-electron chi connectivity index (χ3n) is 6.67. The van der Waals surface area contributed by atoms with Crippen LogP contribution >= 0.6 is 0 Å². The SMILES string of the molecule is COc1cc(C=O)cc2c1OC1C2C(C(=O)NCCO)=CC(N(CCCOC(C)C)C(=O)CC(C)C)C1O. The molecule has 0 aromatic heterocycles. The number of methoxy groups -OCH3 is 1. The molecule has 1 aliphatic heterocycles. The molecule has 1 heterocycles. The van der Waals surface area contributed by atoms with Crippen molar-refractivity contribution in [2.75, 3.05) is 33.4 Å². The van der Waals surface area contributed by atoms with Crippen LogP contribution in [0.5, 0.6) is 11.5 Å². The molecule has 0 fully saturated rings. The van der Waals surface area contributed by atoms with Crippen molar-refractivity contribution in [3.05, 3.63) is 34.9 Å². The van der Waals surface area contributed by atoms with Crippen LogP contribution in [0.3, 0.4) is 0 Å². The lowest BCUT2D eigenvalue weighted by Gasteiger charge is -2.41. The van der Waals surface area contributed by atoms with Gasteiger partial charge in [-0.2, -0.15) is 0 Å². The molecular formula is C28H40N2O8. The van der Waals surface area contributed by atoms with Crippen LogP contribution in [-0.2, 0) is 14.3 Å². The standard InChI is InChI=1S/C28H40N2O8/c1-16(2)11-23(33)30(8-6-10-37-17(3)4)21-14-20(28(35)29-7-9-31)24-19-12-18(15-32)13-22(36-5)26(19)38-27(24)25(21)34/h12-17,21,24-25,27,31,34H,6-11H2,1-5H3,(H,29,35). The predicted octanol–water partition coefficient (Wildman–Crippen LogP) is 1.82. The van der Waals surface area contributed by atoms with E-state index in [0.717, 1.165) is 0 Å². The van der Waals surface area contributed by atoms with Crippen LogP contribution in [0.2, 0.25) is 0 Å². The van der Waals surface area contributed by atoms with Gasteiger partial charge >= 0.3 is 0 Å². The third kappa shape index (κ3) is 6.54. The summed E-state index contributed by atoms with van der Waals surface area (Å²) in [4.78, 5) is 39.9. The van der Waals surface area contributed by atoms with Gasteiger partial charge in [0.1, 0.15) is 18.5 Å². The summed E-state index contributed by atoms with van der Waals surface area (Å²) >= 11 is 0. The Kier molecular flexibility index (Phi) is 10.3. The molecule has 10 nitrogen and oxygen atoms in total. The molecule has 0 radical (unpaired) electrons. The van der Waals surface area contributed by atoms with Crippen LogP contribution in [-0.4, -0.2) is 91.0 Å². The van der Waals surface area contributed by atoms with E-state index in [9.17, 15) is 24.6 Å². The van der Waals surface area contributed by atoms with Gasteiger partial charge in [0.2, 0.25) is 11.8 Å². The molecule has 10 heteroatoms. The van der Waals surface area contributed by atoms with Crippen molar-refractivity contribution in [1.29, 1.82) is 0 Å². The second-order valence-electron chi connectivity index (χ2n) is 10.4. The van der Waals surface area contributed by atoms with Crippen molar-refractivity contribution in [1.82, 2.24) is 10.2 Å². The molecule has 2 aliphatic rings. The van der Waals surface area contributed by atoms with Crippen LogP contribution in [0.15, 0.2) is 23.8 Å². The van der Waals surface area contributed by atoms with E-state index >= 15 is 0 Å². The average Bonchev–Trinajstić information content (AvgIpc) is 3.26. The first kappa shape index (κ1) is 29.6. The molecule has 0 bridgehead atoms. The number of aliphatic hydroxyl groups excluding tert-OH is 2. The molecule has 0 saturated carbocycles. The lowest BCUT2D eigenvalue weighted by atomic mass is 9.77. The van der Waals surface area contributed by atoms with Gasteiger partial charge in [0.25, 0.3) is 0 Å². The van der Waals surface area contributed by atoms with E-state index in [-0.39, 0.29) is 37.5 Å². The van der Waals surface area contributed by atoms with E-state index in [1.807, 2.05) is 27.7 Å². The van der Waals surface area contributed by atoms with Crippen LogP contribution < -0.4 is 14.8 Å². The van der Waals surface area contributed by atoms with Gasteiger partial charge in [-0.1, -0.05) is 13.8 Å².